The topological polar surface area (TPSA) is 75.2 Å². The first-order valence-electron chi connectivity index (χ1n) is 11.5. The summed E-state index contributed by atoms with van der Waals surface area (Å²) in [4.78, 5) is 36.6. The molecule has 1 saturated carbocycles. The van der Waals surface area contributed by atoms with Crippen molar-refractivity contribution in [3.8, 4) is 0 Å². The van der Waals surface area contributed by atoms with Gasteiger partial charge in [0.15, 0.2) is 0 Å². The van der Waals surface area contributed by atoms with Gasteiger partial charge in [-0.15, -0.1) is 0 Å². The van der Waals surface area contributed by atoms with E-state index in [1.54, 1.807) is 12.1 Å². The van der Waals surface area contributed by atoms with Gasteiger partial charge in [0.2, 0.25) is 11.8 Å². The maximum Gasteiger partial charge on any atom is 0.225 e. The molecular weight excluding hydrogens is 407 g/mol. The Kier molecular flexibility index (Phi) is 6.53. The van der Waals surface area contributed by atoms with E-state index in [0.29, 0.717) is 19.0 Å². The predicted molar refractivity (Wildman–Crippen MR) is 119 cm³/mol. The van der Waals surface area contributed by atoms with Gasteiger partial charge in [-0.3, -0.25) is 9.59 Å². The quantitative estimate of drug-likeness (QED) is 0.750. The van der Waals surface area contributed by atoms with Crippen molar-refractivity contribution >= 4 is 11.8 Å². The summed E-state index contributed by atoms with van der Waals surface area (Å²) in [5.74, 6) is 1.49. The summed E-state index contributed by atoms with van der Waals surface area (Å²) in [6.45, 7) is 7.81. The van der Waals surface area contributed by atoms with E-state index >= 15 is 0 Å². The van der Waals surface area contributed by atoms with E-state index in [2.05, 4.69) is 12.2 Å². The molecule has 1 N–H and O–H groups in total. The van der Waals surface area contributed by atoms with Crippen LogP contribution in [-0.4, -0.2) is 39.8 Å². The molecule has 0 bridgehead atoms. The number of piperidine rings is 1. The fourth-order valence-corrected chi connectivity index (χ4v) is 4.52. The minimum Gasteiger partial charge on any atom is -0.352 e. The van der Waals surface area contributed by atoms with Gasteiger partial charge in [-0.1, -0.05) is 19.1 Å². The van der Waals surface area contributed by atoms with Crippen LogP contribution >= 0.6 is 0 Å². The number of likely N-dealkylation sites (tertiary alicyclic amines) is 1. The van der Waals surface area contributed by atoms with Gasteiger partial charge in [0.05, 0.1) is 6.42 Å². The summed E-state index contributed by atoms with van der Waals surface area (Å²) in [6, 6.07) is 6.08. The fourth-order valence-electron chi connectivity index (χ4n) is 4.52. The van der Waals surface area contributed by atoms with E-state index in [1.807, 2.05) is 18.7 Å². The number of amides is 2. The summed E-state index contributed by atoms with van der Waals surface area (Å²) in [5, 5.41) is 2.88. The Hall–Kier alpha value is -2.83. The van der Waals surface area contributed by atoms with Gasteiger partial charge in [0.1, 0.15) is 11.6 Å². The second kappa shape index (κ2) is 9.35. The number of nitrogens with one attached hydrogen (secondary N) is 1. The first-order valence-corrected chi connectivity index (χ1v) is 11.5. The van der Waals surface area contributed by atoms with Crippen LogP contribution in [0.15, 0.2) is 24.3 Å². The van der Waals surface area contributed by atoms with Crippen LogP contribution in [0.3, 0.4) is 0 Å². The molecule has 7 heteroatoms. The SMILES string of the molecule is Cc1nc(C2CCCN(C(=O)C3CC3C)C2)nc(C)c1CC(=O)NCc1ccc(F)cc1. The number of carbonyl (C=O) groups excluding carboxylic acids is 2. The molecule has 2 aliphatic rings. The second-order valence-electron chi connectivity index (χ2n) is 9.25. The van der Waals surface area contributed by atoms with Crippen LogP contribution in [0.5, 0.6) is 0 Å². The van der Waals surface area contributed by atoms with Gasteiger partial charge in [0.25, 0.3) is 0 Å². The van der Waals surface area contributed by atoms with Crippen molar-refractivity contribution in [2.45, 2.75) is 58.9 Å². The molecule has 1 aliphatic heterocycles. The summed E-state index contributed by atoms with van der Waals surface area (Å²) in [6.07, 6.45) is 3.15. The molecule has 0 spiro atoms. The molecule has 170 valence electrons. The van der Waals surface area contributed by atoms with Crippen LogP contribution in [0.4, 0.5) is 4.39 Å². The lowest BCUT2D eigenvalue weighted by atomic mass is 9.96. The number of benzene rings is 1. The lowest BCUT2D eigenvalue weighted by molar-refractivity contribution is -0.134. The zero-order chi connectivity index (χ0) is 22.8. The van der Waals surface area contributed by atoms with Gasteiger partial charge in [-0.25, -0.2) is 14.4 Å². The van der Waals surface area contributed by atoms with Crippen LogP contribution in [0.1, 0.15) is 60.4 Å². The molecule has 2 amide bonds. The summed E-state index contributed by atoms with van der Waals surface area (Å²) >= 11 is 0. The number of carbonyl (C=O) groups is 2. The van der Waals surface area contributed by atoms with Crippen molar-refractivity contribution < 1.29 is 14.0 Å². The van der Waals surface area contributed by atoms with E-state index in [1.165, 1.54) is 12.1 Å². The van der Waals surface area contributed by atoms with Crippen LogP contribution in [-0.2, 0) is 22.6 Å². The highest BCUT2D eigenvalue weighted by molar-refractivity contribution is 5.81. The fraction of sp³-hybridized carbons (Fsp3) is 0.520. The zero-order valence-corrected chi connectivity index (χ0v) is 19.0. The average Bonchev–Trinajstić information content (AvgIpc) is 3.51. The van der Waals surface area contributed by atoms with E-state index in [4.69, 9.17) is 9.97 Å². The molecule has 2 aromatic rings. The monoisotopic (exact) mass is 438 g/mol. The van der Waals surface area contributed by atoms with Crippen LogP contribution in [0, 0.1) is 31.5 Å². The van der Waals surface area contributed by atoms with Crippen LogP contribution in [0.25, 0.3) is 0 Å². The Morgan fingerprint density at radius 3 is 2.44 bits per heavy atom. The third-order valence-electron chi connectivity index (χ3n) is 6.70. The normalized spacial score (nSPS) is 22.5. The maximum absolute atomic E-state index is 13.0. The van der Waals surface area contributed by atoms with Gasteiger partial charge in [-0.2, -0.15) is 0 Å². The van der Waals surface area contributed by atoms with E-state index < -0.39 is 0 Å². The summed E-state index contributed by atoms with van der Waals surface area (Å²) < 4.78 is 13.0. The Balaban J connectivity index is 1.38. The maximum atomic E-state index is 13.0. The van der Waals surface area contributed by atoms with E-state index in [0.717, 1.165) is 54.1 Å². The molecule has 2 heterocycles. The van der Waals surface area contributed by atoms with Gasteiger partial charge >= 0.3 is 0 Å². The predicted octanol–water partition coefficient (Wildman–Crippen LogP) is 3.45. The molecule has 3 atom stereocenters. The number of hydrogen-bond acceptors (Lipinski definition) is 4. The largest absolute Gasteiger partial charge is 0.352 e. The minimum atomic E-state index is -0.295. The number of hydrogen-bond donors (Lipinski definition) is 1. The molecule has 32 heavy (non-hydrogen) atoms. The van der Waals surface area contributed by atoms with Crippen LogP contribution in [0.2, 0.25) is 0 Å². The first-order chi connectivity index (χ1) is 15.3. The van der Waals surface area contributed by atoms with Gasteiger partial charge < -0.3 is 10.2 Å². The molecular formula is C25H31FN4O2. The van der Waals surface area contributed by atoms with Gasteiger partial charge in [-0.05, 0) is 56.7 Å². The highest BCUT2D eigenvalue weighted by atomic mass is 19.1. The molecule has 0 radical (unpaired) electrons. The third-order valence-corrected chi connectivity index (χ3v) is 6.70. The number of rotatable bonds is 6. The van der Waals surface area contributed by atoms with Crippen LogP contribution < -0.4 is 5.32 Å². The number of halogens is 1. The second-order valence-corrected chi connectivity index (χ2v) is 9.25. The number of aryl methyl sites for hydroxylation is 2. The summed E-state index contributed by atoms with van der Waals surface area (Å²) in [5.41, 5.74) is 3.30. The van der Waals surface area contributed by atoms with Crippen molar-refractivity contribution in [1.82, 2.24) is 20.2 Å². The summed E-state index contributed by atoms with van der Waals surface area (Å²) in [7, 11) is 0. The Morgan fingerprint density at radius 1 is 1.16 bits per heavy atom. The molecule has 1 aromatic heterocycles. The Labute approximate surface area is 188 Å². The number of nitrogens with zero attached hydrogens (tertiary/aromatic N) is 3. The highest BCUT2D eigenvalue weighted by Crippen LogP contribution is 2.40. The third kappa shape index (κ3) is 5.14. The van der Waals surface area contributed by atoms with Crippen molar-refractivity contribution in [2.75, 3.05) is 13.1 Å². The lowest BCUT2D eigenvalue weighted by Gasteiger charge is -2.32. The first kappa shape index (κ1) is 22.4. The Bertz CT molecular complexity index is 984. The van der Waals surface area contributed by atoms with Crippen molar-refractivity contribution in [2.24, 2.45) is 11.8 Å². The molecule has 1 saturated heterocycles. The smallest absolute Gasteiger partial charge is 0.225 e. The molecule has 3 unspecified atom stereocenters. The number of aromatic nitrogens is 2. The zero-order valence-electron chi connectivity index (χ0n) is 19.0. The minimum absolute atomic E-state index is 0.120. The molecule has 6 nitrogen and oxygen atoms in total. The standard InChI is InChI=1S/C25H31FN4O2/c1-15-11-21(15)25(32)30-10-4-5-19(14-30)24-28-16(2)22(17(3)29-24)12-23(31)27-13-18-6-8-20(26)9-7-18/h6-9,15,19,21H,4-5,10-14H2,1-3H3,(H,27,31). The van der Waals surface area contributed by atoms with E-state index in [9.17, 15) is 14.0 Å². The average molecular weight is 439 g/mol. The Morgan fingerprint density at radius 2 is 1.81 bits per heavy atom. The van der Waals surface area contributed by atoms with Crippen molar-refractivity contribution in [3.63, 3.8) is 0 Å². The van der Waals surface area contributed by atoms with Gasteiger partial charge in [0, 0.05) is 48.4 Å². The van der Waals surface area contributed by atoms with E-state index in [-0.39, 0.29) is 35.9 Å². The molecule has 1 aliphatic carbocycles. The highest BCUT2D eigenvalue weighted by Gasteiger charge is 2.42. The molecule has 1 aromatic carbocycles. The van der Waals surface area contributed by atoms with Crippen molar-refractivity contribution in [1.29, 1.82) is 0 Å². The van der Waals surface area contributed by atoms with Crippen molar-refractivity contribution in [3.05, 3.63) is 58.4 Å². The molecule has 4 rings (SSSR count). The molecule has 2 fully saturated rings. The lowest BCUT2D eigenvalue weighted by Crippen LogP contribution is -2.40.